The Bertz CT molecular complexity index is 1720. The molecule has 0 aliphatic carbocycles. The second-order valence-corrected chi connectivity index (χ2v) is 14.4. The number of β-lactam (4-membered cyclic amide) rings is 1. The molecule has 0 unspecified atom stereocenters. The van der Waals surface area contributed by atoms with Gasteiger partial charge in [-0.05, 0) is 47.1 Å². The van der Waals surface area contributed by atoms with Crippen LogP contribution in [-0.2, 0) is 14.3 Å². The van der Waals surface area contributed by atoms with E-state index in [1.807, 2.05) is 91.0 Å². The van der Waals surface area contributed by atoms with E-state index in [1.54, 1.807) is 12.1 Å². The summed E-state index contributed by atoms with van der Waals surface area (Å²) in [5.41, 5.74) is 0.576. The molecule has 0 spiro atoms. The molecule has 2 amide bonds. The van der Waals surface area contributed by atoms with Gasteiger partial charge in [-0.25, -0.2) is 9.59 Å². The second-order valence-electron chi connectivity index (χ2n) is 11.1. The highest BCUT2D eigenvalue weighted by molar-refractivity contribution is 7.96. The molecule has 1 aliphatic heterocycles. The molecule has 3 atom stereocenters. The molecule has 47 heavy (non-hydrogen) atoms. The van der Waals surface area contributed by atoms with E-state index < -0.39 is 42.9 Å². The number of benzene rings is 4. The summed E-state index contributed by atoms with van der Waals surface area (Å²) in [5.74, 6) is -3.19. The Labute approximate surface area is 273 Å². The number of hydrogen-bond donors (Lipinski definition) is 3. The summed E-state index contributed by atoms with van der Waals surface area (Å²) in [6.07, 6.45) is -0.594. The van der Waals surface area contributed by atoms with Gasteiger partial charge in [0.1, 0.15) is 12.0 Å². The van der Waals surface area contributed by atoms with Gasteiger partial charge < -0.3 is 19.8 Å². The van der Waals surface area contributed by atoms with E-state index >= 15 is 0 Å². The fourth-order valence-electron chi connectivity index (χ4n) is 6.09. The number of carboxylic acid groups (broad SMARTS) is 1. The number of Topliss-reactive ketones (excluding diaryl/α,β-unsaturated/α-hetero) is 1. The van der Waals surface area contributed by atoms with Crippen LogP contribution in [-0.4, -0.2) is 63.0 Å². The van der Waals surface area contributed by atoms with E-state index in [4.69, 9.17) is 4.74 Å². The molecule has 5 rings (SSSR count). The highest BCUT2D eigenvalue weighted by atomic mass is 31.2. The van der Waals surface area contributed by atoms with Crippen molar-refractivity contribution in [3.05, 3.63) is 133 Å². The number of rotatable bonds is 12. The number of amides is 2. The number of hydrogen-bond acceptors (Lipinski definition) is 6. The SMILES string of the molecule is C=CCOC(=O)Nc1ccc(C(=O)C[C@@H]2[C@@H]([C@@H](C)O)C(=O)N2C(C(=O)O)=P(c2ccccc2)(c2ccccc2)c2ccccc2)cc1. The zero-order valence-electron chi connectivity index (χ0n) is 25.7. The lowest BCUT2D eigenvalue weighted by Crippen LogP contribution is -2.68. The number of nitrogens with zero attached hydrogens (tertiary/aromatic N) is 1. The number of carbonyl (C=O) groups is 4. The van der Waals surface area contributed by atoms with Crippen LogP contribution in [0.3, 0.4) is 0 Å². The van der Waals surface area contributed by atoms with Gasteiger partial charge in [-0.1, -0.05) is 104 Å². The average molecular weight is 651 g/mol. The maximum Gasteiger partial charge on any atom is 0.411 e. The van der Waals surface area contributed by atoms with Crippen LogP contribution >= 0.6 is 6.89 Å². The summed E-state index contributed by atoms with van der Waals surface area (Å²) < 4.78 is 4.92. The predicted octanol–water partition coefficient (Wildman–Crippen LogP) is 4.41. The third-order valence-electron chi connectivity index (χ3n) is 8.14. The van der Waals surface area contributed by atoms with Crippen molar-refractivity contribution in [3.8, 4) is 0 Å². The quantitative estimate of drug-likeness (QED) is 0.0896. The Morgan fingerprint density at radius 2 is 1.36 bits per heavy atom. The number of carboxylic acids is 1. The van der Waals surface area contributed by atoms with Gasteiger partial charge in [0, 0.05) is 24.6 Å². The maximum absolute atomic E-state index is 14.0. The molecular formula is C37H35N2O7P. The topological polar surface area (TPSA) is 133 Å². The van der Waals surface area contributed by atoms with E-state index in [2.05, 4.69) is 11.9 Å². The molecule has 240 valence electrons. The number of likely N-dealkylation sites (tertiary alicyclic amines) is 1. The summed E-state index contributed by atoms with van der Waals surface area (Å²) in [5, 5.41) is 26.5. The normalized spacial score (nSPS) is 16.4. The van der Waals surface area contributed by atoms with E-state index in [0.29, 0.717) is 11.3 Å². The molecule has 0 bridgehead atoms. The van der Waals surface area contributed by atoms with Gasteiger partial charge in [0.05, 0.1) is 18.1 Å². The number of aliphatic hydroxyl groups excluding tert-OH is 1. The van der Waals surface area contributed by atoms with E-state index in [0.717, 1.165) is 15.9 Å². The standard InChI is InChI=1S/C37H35N2O7P/c1-3-23-46-37(45)38-27-21-19-26(20-22-27)32(41)24-31-33(25(2)40)34(42)39(31)35(36(43)44)47(28-13-7-4-8-14-28,29-15-9-5-10-16-29)30-17-11-6-12-18-30/h3-22,25,31,33,40H,1,23-24H2,2H3,(H,38,45)(H,43,44)/t25-,31-,33-/m1/s1. The van der Waals surface area contributed by atoms with Crippen molar-refractivity contribution in [1.29, 1.82) is 0 Å². The Morgan fingerprint density at radius 3 is 1.79 bits per heavy atom. The van der Waals surface area contributed by atoms with Gasteiger partial charge in [0.15, 0.2) is 5.78 Å². The van der Waals surface area contributed by atoms with E-state index in [1.165, 1.54) is 30.0 Å². The first-order valence-electron chi connectivity index (χ1n) is 15.1. The van der Waals surface area contributed by atoms with Crippen LogP contribution < -0.4 is 21.2 Å². The van der Waals surface area contributed by atoms with Gasteiger partial charge >= 0.3 is 12.1 Å². The molecule has 3 N–H and O–H groups in total. The van der Waals surface area contributed by atoms with E-state index in [-0.39, 0.29) is 24.2 Å². The lowest BCUT2D eigenvalue weighted by molar-refractivity contribution is -0.156. The molecule has 0 radical (unpaired) electrons. The molecular weight excluding hydrogens is 615 g/mol. The maximum atomic E-state index is 14.0. The molecule has 1 fully saturated rings. The minimum Gasteiger partial charge on any atom is -0.477 e. The molecule has 1 saturated heterocycles. The Balaban J connectivity index is 1.65. The minimum absolute atomic E-state index is 0.0429. The monoisotopic (exact) mass is 650 g/mol. The van der Waals surface area contributed by atoms with Crippen LogP contribution in [0.4, 0.5) is 10.5 Å². The van der Waals surface area contributed by atoms with Crippen molar-refractivity contribution < 1.29 is 34.1 Å². The van der Waals surface area contributed by atoms with Crippen LogP contribution in [0.1, 0.15) is 23.7 Å². The number of aliphatic hydroxyl groups is 1. The largest absolute Gasteiger partial charge is 0.477 e. The minimum atomic E-state index is -3.25. The van der Waals surface area contributed by atoms with Crippen LogP contribution in [0.15, 0.2) is 128 Å². The second kappa shape index (κ2) is 14.5. The number of ketones is 1. The van der Waals surface area contributed by atoms with Crippen LogP contribution in [0.2, 0.25) is 0 Å². The summed E-state index contributed by atoms with van der Waals surface area (Å²) in [6, 6.07) is 33.0. The molecule has 10 heteroatoms. The first-order valence-corrected chi connectivity index (χ1v) is 16.8. The van der Waals surface area contributed by atoms with Gasteiger partial charge in [0.2, 0.25) is 5.91 Å². The van der Waals surface area contributed by atoms with Crippen LogP contribution in [0, 0.1) is 5.92 Å². The Hall–Kier alpha value is -5.24. The third-order valence-corrected chi connectivity index (χ3v) is 12.4. The zero-order chi connectivity index (χ0) is 33.6. The Morgan fingerprint density at radius 1 is 0.872 bits per heavy atom. The lowest BCUT2D eigenvalue weighted by Gasteiger charge is -2.50. The zero-order valence-corrected chi connectivity index (χ0v) is 26.6. The molecule has 4 aromatic carbocycles. The number of aliphatic carboxylic acids is 1. The highest BCUT2D eigenvalue weighted by Crippen LogP contribution is 2.49. The third kappa shape index (κ3) is 6.54. The fraction of sp³-hybridized carbons (Fsp3) is 0.162. The number of anilines is 1. The summed E-state index contributed by atoms with van der Waals surface area (Å²) in [7, 11) is 0. The number of carbonyl (C=O) groups excluding carboxylic acids is 3. The van der Waals surface area contributed by atoms with Crippen molar-refractivity contribution in [2.45, 2.75) is 25.5 Å². The average Bonchev–Trinajstić information content (AvgIpc) is 3.08. The predicted molar refractivity (Wildman–Crippen MR) is 184 cm³/mol. The van der Waals surface area contributed by atoms with Crippen molar-refractivity contribution in [2.75, 3.05) is 11.9 Å². The van der Waals surface area contributed by atoms with Crippen molar-refractivity contribution in [1.82, 2.24) is 4.90 Å². The van der Waals surface area contributed by atoms with Gasteiger partial charge in [0.25, 0.3) is 0 Å². The fourth-order valence-corrected chi connectivity index (χ4v) is 10.4. The van der Waals surface area contributed by atoms with Crippen LogP contribution in [0.5, 0.6) is 0 Å². The summed E-state index contributed by atoms with van der Waals surface area (Å²) in [4.78, 5) is 54.4. The van der Waals surface area contributed by atoms with Gasteiger partial charge in [-0.2, -0.15) is 0 Å². The van der Waals surface area contributed by atoms with E-state index in [9.17, 15) is 29.4 Å². The molecule has 4 aromatic rings. The highest BCUT2D eigenvalue weighted by Gasteiger charge is 2.55. The first kappa shape index (κ1) is 33.1. The molecule has 9 nitrogen and oxygen atoms in total. The van der Waals surface area contributed by atoms with Gasteiger partial charge in [-0.3, -0.25) is 14.9 Å². The summed E-state index contributed by atoms with van der Waals surface area (Å²) in [6.45, 7) is 1.76. The molecule has 1 aliphatic rings. The number of ether oxygens (including phenoxy) is 1. The van der Waals surface area contributed by atoms with Crippen molar-refractivity contribution >= 4 is 57.7 Å². The molecule has 1 heterocycles. The Kier molecular flexibility index (Phi) is 10.2. The van der Waals surface area contributed by atoms with Crippen LogP contribution in [0.25, 0.3) is 0 Å². The first-order chi connectivity index (χ1) is 22.7. The van der Waals surface area contributed by atoms with Crippen molar-refractivity contribution in [3.63, 3.8) is 0 Å². The van der Waals surface area contributed by atoms with Crippen molar-refractivity contribution in [2.24, 2.45) is 5.92 Å². The molecule has 0 saturated carbocycles. The lowest BCUT2D eigenvalue weighted by atomic mass is 9.79. The summed E-state index contributed by atoms with van der Waals surface area (Å²) >= 11 is 0. The van der Waals surface area contributed by atoms with Gasteiger partial charge in [-0.15, -0.1) is 0 Å². The smallest absolute Gasteiger partial charge is 0.411 e. The number of nitrogens with one attached hydrogen (secondary N) is 1. The molecule has 0 aromatic heterocycles.